The van der Waals surface area contributed by atoms with E-state index >= 15 is 0 Å². The van der Waals surface area contributed by atoms with Crippen LogP contribution in [0.4, 0.5) is 0 Å². The standard InChI is InChI=1S/C20H30N4O/c1-17-5-6-20-21-18(16-24(20)14-17)15-23-8-3-2-4-19(23)7-9-22-10-12-25-13-11-22/h5-6,14,16,19H,2-4,7-13,15H2,1H3/t19-/m0/s1. The van der Waals surface area contributed by atoms with E-state index < -0.39 is 0 Å². The Kier molecular flexibility index (Phi) is 5.34. The lowest BCUT2D eigenvalue weighted by molar-refractivity contribution is 0.0301. The summed E-state index contributed by atoms with van der Waals surface area (Å²) in [4.78, 5) is 10.1. The number of rotatable bonds is 5. The third-order valence-electron chi connectivity index (χ3n) is 5.65. The first-order chi connectivity index (χ1) is 12.3. The van der Waals surface area contributed by atoms with Gasteiger partial charge in [-0.05, 0) is 50.9 Å². The molecule has 1 atom stereocenters. The monoisotopic (exact) mass is 342 g/mol. The number of fused-ring (bicyclic) bond motifs is 1. The molecule has 2 saturated heterocycles. The summed E-state index contributed by atoms with van der Waals surface area (Å²) in [7, 11) is 0. The third-order valence-corrected chi connectivity index (χ3v) is 5.65. The molecule has 136 valence electrons. The maximum absolute atomic E-state index is 5.47. The Morgan fingerprint density at radius 3 is 2.88 bits per heavy atom. The predicted octanol–water partition coefficient (Wildman–Crippen LogP) is 2.72. The van der Waals surface area contributed by atoms with E-state index in [1.54, 1.807) is 0 Å². The van der Waals surface area contributed by atoms with Gasteiger partial charge < -0.3 is 9.14 Å². The van der Waals surface area contributed by atoms with E-state index in [0.29, 0.717) is 6.04 Å². The molecule has 0 bridgehead atoms. The van der Waals surface area contributed by atoms with Crippen molar-refractivity contribution in [2.45, 2.75) is 45.2 Å². The average molecular weight is 342 g/mol. The van der Waals surface area contributed by atoms with E-state index in [9.17, 15) is 0 Å². The molecule has 0 radical (unpaired) electrons. The minimum absolute atomic E-state index is 0.697. The summed E-state index contributed by atoms with van der Waals surface area (Å²) in [5.74, 6) is 0. The number of aromatic nitrogens is 2. The van der Waals surface area contributed by atoms with Gasteiger partial charge in [-0.15, -0.1) is 0 Å². The fourth-order valence-electron chi connectivity index (χ4n) is 4.19. The van der Waals surface area contributed by atoms with Gasteiger partial charge in [-0.25, -0.2) is 4.98 Å². The van der Waals surface area contributed by atoms with Crippen molar-refractivity contribution in [3.05, 3.63) is 35.8 Å². The van der Waals surface area contributed by atoms with Crippen LogP contribution in [-0.2, 0) is 11.3 Å². The molecule has 2 aliphatic rings. The van der Waals surface area contributed by atoms with E-state index in [1.807, 2.05) is 0 Å². The number of piperidine rings is 1. The molecule has 0 aliphatic carbocycles. The topological polar surface area (TPSA) is 33.0 Å². The van der Waals surface area contributed by atoms with Crippen LogP contribution < -0.4 is 0 Å². The maximum Gasteiger partial charge on any atom is 0.137 e. The zero-order valence-corrected chi connectivity index (χ0v) is 15.4. The van der Waals surface area contributed by atoms with Crippen molar-refractivity contribution in [1.29, 1.82) is 0 Å². The SMILES string of the molecule is Cc1ccc2nc(CN3CCCC[C@H]3CCN3CCOCC3)cn2c1. The van der Waals surface area contributed by atoms with Gasteiger partial charge in [0.05, 0.1) is 18.9 Å². The van der Waals surface area contributed by atoms with Gasteiger partial charge >= 0.3 is 0 Å². The van der Waals surface area contributed by atoms with Crippen molar-refractivity contribution in [3.8, 4) is 0 Å². The van der Waals surface area contributed by atoms with Crippen molar-refractivity contribution < 1.29 is 4.74 Å². The van der Waals surface area contributed by atoms with Crippen LogP contribution in [0.1, 0.15) is 36.9 Å². The lowest BCUT2D eigenvalue weighted by Crippen LogP contribution is -2.43. The van der Waals surface area contributed by atoms with Gasteiger partial charge in [0, 0.05) is 38.1 Å². The van der Waals surface area contributed by atoms with Crippen molar-refractivity contribution in [2.24, 2.45) is 0 Å². The largest absolute Gasteiger partial charge is 0.379 e. The number of ether oxygens (including phenoxy) is 1. The van der Waals surface area contributed by atoms with Crippen molar-refractivity contribution in [3.63, 3.8) is 0 Å². The van der Waals surface area contributed by atoms with Crippen LogP contribution in [0.15, 0.2) is 24.5 Å². The summed E-state index contributed by atoms with van der Waals surface area (Å²) >= 11 is 0. The molecule has 4 heterocycles. The molecule has 0 amide bonds. The number of nitrogens with zero attached hydrogens (tertiary/aromatic N) is 4. The molecular formula is C20H30N4O. The highest BCUT2D eigenvalue weighted by atomic mass is 16.5. The fraction of sp³-hybridized carbons (Fsp3) is 0.650. The van der Waals surface area contributed by atoms with Gasteiger partial charge in [0.25, 0.3) is 0 Å². The Labute approximate surface area is 150 Å². The predicted molar refractivity (Wildman–Crippen MR) is 99.9 cm³/mol. The van der Waals surface area contributed by atoms with Crippen molar-refractivity contribution in [2.75, 3.05) is 39.4 Å². The average Bonchev–Trinajstić information content (AvgIpc) is 3.03. The van der Waals surface area contributed by atoms with E-state index in [0.717, 1.165) is 38.5 Å². The first-order valence-electron chi connectivity index (χ1n) is 9.76. The van der Waals surface area contributed by atoms with E-state index in [1.165, 1.54) is 50.0 Å². The molecule has 5 nitrogen and oxygen atoms in total. The highest BCUT2D eigenvalue weighted by Crippen LogP contribution is 2.22. The fourth-order valence-corrected chi connectivity index (χ4v) is 4.19. The van der Waals surface area contributed by atoms with Crippen molar-refractivity contribution >= 4 is 5.65 Å². The summed E-state index contributed by atoms with van der Waals surface area (Å²) in [5.41, 5.74) is 3.53. The number of aryl methyl sites for hydroxylation is 1. The third kappa shape index (κ3) is 4.22. The summed E-state index contributed by atoms with van der Waals surface area (Å²) in [6.07, 6.45) is 9.66. The van der Waals surface area contributed by atoms with Gasteiger partial charge in [0.2, 0.25) is 0 Å². The number of pyridine rings is 1. The molecule has 0 aromatic carbocycles. The quantitative estimate of drug-likeness (QED) is 0.836. The Morgan fingerprint density at radius 2 is 2.00 bits per heavy atom. The normalized spacial score (nSPS) is 23.3. The first kappa shape index (κ1) is 17.0. The number of imidazole rings is 1. The van der Waals surface area contributed by atoms with Crippen LogP contribution in [0.3, 0.4) is 0 Å². The molecule has 2 aromatic rings. The molecule has 25 heavy (non-hydrogen) atoms. The number of hydrogen-bond acceptors (Lipinski definition) is 4. The van der Waals surface area contributed by atoms with Gasteiger partial charge in [-0.3, -0.25) is 9.80 Å². The Morgan fingerprint density at radius 1 is 1.12 bits per heavy atom. The molecular weight excluding hydrogens is 312 g/mol. The Hall–Kier alpha value is -1.43. The zero-order valence-electron chi connectivity index (χ0n) is 15.4. The number of morpholine rings is 1. The second-order valence-corrected chi connectivity index (χ2v) is 7.57. The first-order valence-corrected chi connectivity index (χ1v) is 9.76. The minimum Gasteiger partial charge on any atom is -0.379 e. The second-order valence-electron chi connectivity index (χ2n) is 7.57. The lowest BCUT2D eigenvalue weighted by Gasteiger charge is -2.37. The lowest BCUT2D eigenvalue weighted by atomic mass is 9.99. The van der Waals surface area contributed by atoms with E-state index in [4.69, 9.17) is 9.72 Å². The van der Waals surface area contributed by atoms with Crippen molar-refractivity contribution in [1.82, 2.24) is 19.2 Å². The van der Waals surface area contributed by atoms with E-state index in [-0.39, 0.29) is 0 Å². The highest BCUT2D eigenvalue weighted by Gasteiger charge is 2.24. The molecule has 2 aromatic heterocycles. The molecule has 2 fully saturated rings. The smallest absolute Gasteiger partial charge is 0.137 e. The molecule has 0 N–H and O–H groups in total. The summed E-state index contributed by atoms with van der Waals surface area (Å²) < 4.78 is 7.63. The molecule has 5 heteroatoms. The van der Waals surface area contributed by atoms with Crippen LogP contribution >= 0.6 is 0 Å². The number of hydrogen-bond donors (Lipinski definition) is 0. The Bertz CT molecular complexity index is 692. The Balaban J connectivity index is 1.39. The molecule has 0 unspecified atom stereocenters. The summed E-state index contributed by atoms with van der Waals surface area (Å²) in [5, 5.41) is 0. The maximum atomic E-state index is 5.47. The second kappa shape index (κ2) is 7.85. The van der Waals surface area contributed by atoms with Crippen LogP contribution in [-0.4, -0.2) is 64.6 Å². The van der Waals surface area contributed by atoms with Gasteiger partial charge in [0.1, 0.15) is 5.65 Å². The van der Waals surface area contributed by atoms with Gasteiger partial charge in [-0.2, -0.15) is 0 Å². The van der Waals surface area contributed by atoms with Crippen LogP contribution in [0, 0.1) is 6.92 Å². The molecule has 0 spiro atoms. The minimum atomic E-state index is 0.697. The highest BCUT2D eigenvalue weighted by molar-refractivity contribution is 5.41. The van der Waals surface area contributed by atoms with Gasteiger partial charge in [0.15, 0.2) is 0 Å². The molecule has 4 rings (SSSR count). The summed E-state index contributed by atoms with van der Waals surface area (Å²) in [6, 6.07) is 4.95. The number of likely N-dealkylation sites (tertiary alicyclic amines) is 1. The molecule has 2 aliphatic heterocycles. The molecule has 0 saturated carbocycles. The van der Waals surface area contributed by atoms with Crippen LogP contribution in [0.25, 0.3) is 5.65 Å². The zero-order chi connectivity index (χ0) is 17.1. The van der Waals surface area contributed by atoms with Crippen LogP contribution in [0.2, 0.25) is 0 Å². The van der Waals surface area contributed by atoms with Crippen LogP contribution in [0.5, 0.6) is 0 Å². The van der Waals surface area contributed by atoms with E-state index in [2.05, 4.69) is 45.7 Å². The summed E-state index contributed by atoms with van der Waals surface area (Å²) in [6.45, 7) is 9.51. The van der Waals surface area contributed by atoms with Gasteiger partial charge in [-0.1, -0.05) is 12.5 Å².